The van der Waals surface area contributed by atoms with Gasteiger partial charge in [-0.25, -0.2) is 4.98 Å². The Bertz CT molecular complexity index is 637. The molecule has 1 saturated heterocycles. The summed E-state index contributed by atoms with van der Waals surface area (Å²) >= 11 is 0. The summed E-state index contributed by atoms with van der Waals surface area (Å²) in [7, 11) is 0. The number of aromatic nitrogens is 3. The van der Waals surface area contributed by atoms with E-state index in [-0.39, 0.29) is 0 Å². The average Bonchev–Trinajstić information content (AvgIpc) is 2.61. The van der Waals surface area contributed by atoms with Gasteiger partial charge in [-0.15, -0.1) is 0 Å². The second-order valence-corrected chi connectivity index (χ2v) is 6.12. The van der Waals surface area contributed by atoms with Crippen LogP contribution in [0.3, 0.4) is 0 Å². The second kappa shape index (κ2) is 8.06. The lowest BCUT2D eigenvalue weighted by Crippen LogP contribution is -2.47. The third kappa shape index (κ3) is 4.41. The Morgan fingerprint density at radius 1 is 1.12 bits per heavy atom. The van der Waals surface area contributed by atoms with Crippen LogP contribution in [-0.2, 0) is 6.42 Å². The Kier molecular flexibility index (Phi) is 5.59. The maximum Gasteiger partial charge on any atom is 0.227 e. The van der Waals surface area contributed by atoms with Crippen LogP contribution in [0.5, 0.6) is 0 Å². The minimum Gasteiger partial charge on any atom is -0.370 e. The fourth-order valence-corrected chi connectivity index (χ4v) is 2.96. The Morgan fingerprint density at radius 2 is 1.96 bits per heavy atom. The van der Waals surface area contributed by atoms with E-state index in [4.69, 9.17) is 0 Å². The predicted octanol–water partition coefficient (Wildman–Crippen LogP) is 1.98. The van der Waals surface area contributed by atoms with Gasteiger partial charge in [-0.1, -0.05) is 6.07 Å². The molecule has 0 bridgehead atoms. The second-order valence-electron chi connectivity index (χ2n) is 6.12. The van der Waals surface area contributed by atoms with Crippen molar-refractivity contribution in [3.63, 3.8) is 0 Å². The first-order chi connectivity index (χ1) is 11.7. The van der Waals surface area contributed by atoms with Gasteiger partial charge < -0.3 is 10.2 Å². The van der Waals surface area contributed by atoms with Gasteiger partial charge in [0.05, 0.1) is 0 Å². The first kappa shape index (κ1) is 16.6. The minimum absolute atomic E-state index is 0.843. The topological polar surface area (TPSA) is 57.2 Å². The number of hydrogen-bond donors (Lipinski definition) is 1. The molecule has 0 saturated carbocycles. The van der Waals surface area contributed by atoms with Crippen molar-refractivity contribution in [3.05, 3.63) is 41.9 Å². The van der Waals surface area contributed by atoms with E-state index in [1.54, 1.807) is 0 Å². The maximum absolute atomic E-state index is 4.64. The quantitative estimate of drug-likeness (QED) is 0.876. The van der Waals surface area contributed by atoms with Crippen molar-refractivity contribution in [2.24, 2.45) is 0 Å². The molecule has 1 fully saturated rings. The normalized spacial score (nSPS) is 15.5. The van der Waals surface area contributed by atoms with E-state index >= 15 is 0 Å². The highest BCUT2D eigenvalue weighted by Gasteiger charge is 2.19. The van der Waals surface area contributed by atoms with Crippen LogP contribution in [0.1, 0.15) is 18.3 Å². The number of aryl methyl sites for hydroxylation is 1. The first-order valence-corrected chi connectivity index (χ1v) is 8.71. The molecule has 2 aromatic rings. The molecule has 0 atom stereocenters. The van der Waals surface area contributed by atoms with E-state index < -0.39 is 0 Å². The number of anilines is 2. The zero-order chi connectivity index (χ0) is 16.8. The van der Waals surface area contributed by atoms with Gasteiger partial charge in [0.15, 0.2) is 0 Å². The number of hydrogen-bond acceptors (Lipinski definition) is 6. The van der Waals surface area contributed by atoms with Crippen LogP contribution in [0.4, 0.5) is 11.8 Å². The van der Waals surface area contributed by atoms with E-state index in [0.29, 0.717) is 0 Å². The fraction of sp³-hybridized carbons (Fsp3) is 0.500. The van der Waals surface area contributed by atoms with E-state index in [9.17, 15) is 0 Å². The van der Waals surface area contributed by atoms with Crippen LogP contribution in [0.15, 0.2) is 30.5 Å². The highest BCUT2D eigenvalue weighted by Crippen LogP contribution is 2.15. The van der Waals surface area contributed by atoms with Crippen LogP contribution in [0, 0.1) is 6.92 Å². The summed E-state index contributed by atoms with van der Waals surface area (Å²) in [5.74, 6) is 1.76. The van der Waals surface area contributed by atoms with Gasteiger partial charge >= 0.3 is 0 Å². The molecule has 2 aromatic heterocycles. The average molecular weight is 326 g/mol. The molecule has 0 aromatic carbocycles. The van der Waals surface area contributed by atoms with Gasteiger partial charge in [0.25, 0.3) is 0 Å². The van der Waals surface area contributed by atoms with Crippen LogP contribution < -0.4 is 10.2 Å². The zero-order valence-electron chi connectivity index (χ0n) is 14.6. The molecule has 1 N–H and O–H groups in total. The first-order valence-electron chi connectivity index (χ1n) is 8.71. The van der Waals surface area contributed by atoms with Crippen molar-refractivity contribution < 1.29 is 0 Å². The monoisotopic (exact) mass is 326 g/mol. The fourth-order valence-electron chi connectivity index (χ4n) is 2.96. The lowest BCUT2D eigenvalue weighted by atomic mass is 10.2. The molecule has 3 heterocycles. The lowest BCUT2D eigenvalue weighted by molar-refractivity contribution is 0.259. The largest absolute Gasteiger partial charge is 0.370 e. The molecule has 1 aliphatic heterocycles. The van der Waals surface area contributed by atoms with E-state index in [1.807, 2.05) is 25.3 Å². The summed E-state index contributed by atoms with van der Waals surface area (Å²) < 4.78 is 0. The lowest BCUT2D eigenvalue weighted by Gasteiger charge is -2.34. The minimum atomic E-state index is 0.843. The number of nitrogens with zero attached hydrogens (tertiary/aromatic N) is 5. The SMILES string of the molecule is CCNc1cc(C)nc(N2CCN(CCc3ccccn3)CC2)n1. The maximum atomic E-state index is 4.64. The van der Waals surface area contributed by atoms with Crippen molar-refractivity contribution in [2.75, 3.05) is 49.5 Å². The van der Waals surface area contributed by atoms with Gasteiger partial charge in [0, 0.05) is 69.3 Å². The number of rotatable bonds is 6. The molecule has 0 aliphatic carbocycles. The van der Waals surface area contributed by atoms with Gasteiger partial charge in [-0.2, -0.15) is 4.98 Å². The summed E-state index contributed by atoms with van der Waals surface area (Å²) in [6.45, 7) is 10.1. The Hall–Kier alpha value is -2.21. The third-order valence-electron chi connectivity index (χ3n) is 4.27. The van der Waals surface area contributed by atoms with Crippen molar-refractivity contribution >= 4 is 11.8 Å². The van der Waals surface area contributed by atoms with Crippen molar-refractivity contribution in [1.29, 1.82) is 0 Å². The molecule has 3 rings (SSSR count). The van der Waals surface area contributed by atoms with Crippen LogP contribution in [0.2, 0.25) is 0 Å². The summed E-state index contributed by atoms with van der Waals surface area (Å²) in [6.07, 6.45) is 2.87. The summed E-state index contributed by atoms with van der Waals surface area (Å²) in [5.41, 5.74) is 2.17. The Balaban J connectivity index is 1.53. The van der Waals surface area contributed by atoms with Gasteiger partial charge in [0.2, 0.25) is 5.95 Å². The molecule has 0 radical (unpaired) electrons. The van der Waals surface area contributed by atoms with E-state index in [1.165, 1.54) is 0 Å². The molecule has 6 heteroatoms. The van der Waals surface area contributed by atoms with E-state index in [2.05, 4.69) is 49.1 Å². The summed E-state index contributed by atoms with van der Waals surface area (Å²) in [5, 5.41) is 3.28. The summed E-state index contributed by atoms with van der Waals surface area (Å²) in [6, 6.07) is 8.11. The zero-order valence-corrected chi connectivity index (χ0v) is 14.6. The van der Waals surface area contributed by atoms with Crippen LogP contribution in [0.25, 0.3) is 0 Å². The highest BCUT2D eigenvalue weighted by molar-refractivity contribution is 5.43. The molecule has 128 valence electrons. The van der Waals surface area contributed by atoms with Crippen molar-refractivity contribution in [3.8, 4) is 0 Å². The number of pyridine rings is 1. The van der Waals surface area contributed by atoms with Gasteiger partial charge in [-0.3, -0.25) is 9.88 Å². The number of piperazine rings is 1. The van der Waals surface area contributed by atoms with Gasteiger partial charge in [0.1, 0.15) is 5.82 Å². The molecule has 6 nitrogen and oxygen atoms in total. The predicted molar refractivity (Wildman–Crippen MR) is 97.5 cm³/mol. The van der Waals surface area contributed by atoms with Crippen molar-refractivity contribution in [2.45, 2.75) is 20.3 Å². The van der Waals surface area contributed by atoms with Crippen molar-refractivity contribution in [1.82, 2.24) is 19.9 Å². The molecule has 0 spiro atoms. The van der Waals surface area contributed by atoms with Gasteiger partial charge in [-0.05, 0) is 26.0 Å². The third-order valence-corrected chi connectivity index (χ3v) is 4.27. The molecule has 24 heavy (non-hydrogen) atoms. The number of nitrogens with one attached hydrogen (secondary N) is 1. The standard InChI is InChI=1S/C18H26N6/c1-3-19-17-14-15(2)21-18(22-17)24-12-10-23(11-13-24)9-7-16-6-4-5-8-20-16/h4-6,8,14H,3,7,9-13H2,1-2H3,(H,19,21,22). The Morgan fingerprint density at radius 3 is 2.67 bits per heavy atom. The molecule has 0 unspecified atom stereocenters. The molecular weight excluding hydrogens is 300 g/mol. The summed E-state index contributed by atoms with van der Waals surface area (Å²) in [4.78, 5) is 18.4. The Labute approximate surface area is 143 Å². The molecular formula is C18H26N6. The van der Waals surface area contributed by atoms with Crippen LogP contribution in [-0.4, -0.2) is 59.1 Å². The molecule has 0 amide bonds. The molecule has 1 aliphatic rings. The van der Waals surface area contributed by atoms with Crippen LogP contribution >= 0.6 is 0 Å². The van der Waals surface area contributed by atoms with E-state index in [0.717, 1.165) is 68.8 Å². The smallest absolute Gasteiger partial charge is 0.227 e. The highest BCUT2D eigenvalue weighted by atomic mass is 15.3.